The van der Waals surface area contributed by atoms with Gasteiger partial charge in [0, 0.05) is 30.8 Å². The van der Waals surface area contributed by atoms with Crippen molar-refractivity contribution in [2.45, 2.75) is 25.9 Å². The van der Waals surface area contributed by atoms with Gasteiger partial charge in [-0.05, 0) is 30.9 Å². The maximum atomic E-state index is 13.9. The Morgan fingerprint density at radius 3 is 2.86 bits per heavy atom. The van der Waals surface area contributed by atoms with Crippen LogP contribution in [0.5, 0.6) is 0 Å². The molecule has 1 aliphatic rings. The van der Waals surface area contributed by atoms with Gasteiger partial charge in [-0.15, -0.1) is 0 Å². The second-order valence-corrected chi connectivity index (χ2v) is 5.15. The average Bonchev–Trinajstić information content (AvgIpc) is 2.51. The fourth-order valence-electron chi connectivity index (χ4n) is 2.21. The zero-order valence-corrected chi connectivity index (χ0v) is 12.1. The number of rotatable bonds is 5. The number of aliphatic hydroxyl groups is 1. The first-order chi connectivity index (χ1) is 10.3. The maximum Gasteiger partial charge on any atom is 0.129 e. The summed E-state index contributed by atoms with van der Waals surface area (Å²) in [5, 5.41) is 8.65. The Kier molecular flexibility index (Phi) is 6.68. The molecule has 0 bridgehead atoms. The molecule has 0 radical (unpaired) electrons. The smallest absolute Gasteiger partial charge is 0.129 e. The average molecular weight is 292 g/mol. The Labute approximate surface area is 125 Å². The molecule has 114 valence electrons. The van der Waals surface area contributed by atoms with E-state index in [1.54, 1.807) is 12.1 Å². The van der Waals surface area contributed by atoms with Gasteiger partial charge in [0.1, 0.15) is 5.82 Å². The monoisotopic (exact) mass is 292 g/mol. The highest BCUT2D eigenvalue weighted by molar-refractivity contribution is 5.36. The Morgan fingerprint density at radius 1 is 1.33 bits per heavy atom. The van der Waals surface area contributed by atoms with Gasteiger partial charge in [-0.25, -0.2) is 4.39 Å². The van der Waals surface area contributed by atoms with Crippen LogP contribution in [0.3, 0.4) is 0 Å². The van der Waals surface area contributed by atoms with Gasteiger partial charge in [0.25, 0.3) is 0 Å². The maximum absolute atomic E-state index is 13.9. The third kappa shape index (κ3) is 5.47. The Balaban J connectivity index is 1.82. The fourth-order valence-corrected chi connectivity index (χ4v) is 2.21. The van der Waals surface area contributed by atoms with E-state index in [1.807, 2.05) is 0 Å². The molecule has 0 unspecified atom stereocenters. The molecule has 0 aromatic heterocycles. The molecule has 4 heteroatoms. The van der Waals surface area contributed by atoms with Gasteiger partial charge in [0.2, 0.25) is 0 Å². The van der Waals surface area contributed by atoms with Crippen LogP contribution in [0.15, 0.2) is 18.2 Å². The molecule has 1 saturated heterocycles. The second-order valence-electron chi connectivity index (χ2n) is 5.15. The Hall–Kier alpha value is -1.41. The molecule has 1 heterocycles. The number of benzene rings is 1. The van der Waals surface area contributed by atoms with Crippen LogP contribution in [0.2, 0.25) is 0 Å². The van der Waals surface area contributed by atoms with Crippen LogP contribution in [-0.4, -0.2) is 31.5 Å². The molecule has 1 aromatic carbocycles. The fraction of sp³-hybridized carbons (Fsp3) is 0.529. The van der Waals surface area contributed by atoms with Crippen LogP contribution in [0.1, 0.15) is 30.4 Å². The van der Waals surface area contributed by atoms with E-state index in [1.165, 1.54) is 6.07 Å². The summed E-state index contributed by atoms with van der Waals surface area (Å²) in [7, 11) is 0. The summed E-state index contributed by atoms with van der Waals surface area (Å²) in [4.78, 5) is 0. The standard InChI is InChI=1S/C17H21FO3/c18-17-11-14(3-1-2-8-19)4-5-16(17)13-21-12-15-6-9-20-10-7-15/h4-5,11,15,19H,2,6-10,12-13H2. The van der Waals surface area contributed by atoms with Crippen molar-refractivity contribution in [2.24, 2.45) is 5.92 Å². The number of halogens is 1. The molecule has 0 saturated carbocycles. The lowest BCUT2D eigenvalue weighted by atomic mass is 10.0. The van der Waals surface area contributed by atoms with E-state index in [0.717, 1.165) is 26.1 Å². The summed E-state index contributed by atoms with van der Waals surface area (Å²) in [5.41, 5.74) is 1.17. The van der Waals surface area contributed by atoms with E-state index in [2.05, 4.69) is 11.8 Å². The molecular weight excluding hydrogens is 271 g/mol. The summed E-state index contributed by atoms with van der Waals surface area (Å²) in [6, 6.07) is 4.90. The third-order valence-electron chi connectivity index (χ3n) is 3.47. The van der Waals surface area contributed by atoms with Gasteiger partial charge in [-0.1, -0.05) is 17.9 Å². The first-order valence-electron chi connectivity index (χ1n) is 7.33. The van der Waals surface area contributed by atoms with Gasteiger partial charge in [-0.3, -0.25) is 0 Å². The molecule has 1 N–H and O–H groups in total. The zero-order chi connectivity index (χ0) is 14.9. The van der Waals surface area contributed by atoms with Gasteiger partial charge < -0.3 is 14.6 Å². The van der Waals surface area contributed by atoms with E-state index in [0.29, 0.717) is 30.1 Å². The molecule has 3 nitrogen and oxygen atoms in total. The summed E-state index contributed by atoms with van der Waals surface area (Å²) in [6.07, 6.45) is 2.43. The van der Waals surface area contributed by atoms with Gasteiger partial charge >= 0.3 is 0 Å². The predicted octanol–water partition coefficient (Wildman–Crippen LogP) is 2.50. The highest BCUT2D eigenvalue weighted by Crippen LogP contribution is 2.17. The molecule has 1 aromatic rings. The van der Waals surface area contributed by atoms with Crippen LogP contribution in [-0.2, 0) is 16.1 Å². The lowest BCUT2D eigenvalue weighted by molar-refractivity contribution is 0.0151. The molecule has 0 spiro atoms. The third-order valence-corrected chi connectivity index (χ3v) is 3.47. The van der Waals surface area contributed by atoms with Crippen LogP contribution in [0, 0.1) is 23.6 Å². The predicted molar refractivity (Wildman–Crippen MR) is 78.2 cm³/mol. The molecule has 0 aliphatic carbocycles. The number of aliphatic hydroxyl groups excluding tert-OH is 1. The normalized spacial score (nSPS) is 15.5. The topological polar surface area (TPSA) is 38.7 Å². The van der Waals surface area contributed by atoms with E-state index in [4.69, 9.17) is 14.6 Å². The minimum absolute atomic E-state index is 0.0214. The quantitative estimate of drug-likeness (QED) is 0.848. The summed E-state index contributed by atoms with van der Waals surface area (Å²) in [5.74, 6) is 5.82. The van der Waals surface area contributed by atoms with Crippen LogP contribution < -0.4 is 0 Å². The highest BCUT2D eigenvalue weighted by Gasteiger charge is 2.14. The zero-order valence-electron chi connectivity index (χ0n) is 12.1. The van der Waals surface area contributed by atoms with Crippen molar-refractivity contribution < 1.29 is 19.0 Å². The molecule has 1 aliphatic heterocycles. The van der Waals surface area contributed by atoms with Crippen molar-refractivity contribution in [1.82, 2.24) is 0 Å². The number of ether oxygens (including phenoxy) is 2. The largest absolute Gasteiger partial charge is 0.395 e. The summed E-state index contributed by atoms with van der Waals surface area (Å²) < 4.78 is 24.8. The summed E-state index contributed by atoms with van der Waals surface area (Å²) in [6.45, 7) is 2.55. The van der Waals surface area contributed by atoms with Crippen molar-refractivity contribution in [3.63, 3.8) is 0 Å². The lowest BCUT2D eigenvalue weighted by Gasteiger charge is -2.21. The summed E-state index contributed by atoms with van der Waals surface area (Å²) >= 11 is 0. The van der Waals surface area contributed by atoms with Crippen LogP contribution in [0.4, 0.5) is 4.39 Å². The minimum Gasteiger partial charge on any atom is -0.395 e. The van der Waals surface area contributed by atoms with Gasteiger partial charge in [0.15, 0.2) is 0 Å². The molecule has 1 fully saturated rings. The highest BCUT2D eigenvalue weighted by atomic mass is 19.1. The second kappa shape index (κ2) is 8.78. The van der Waals surface area contributed by atoms with Crippen molar-refractivity contribution in [3.05, 3.63) is 35.1 Å². The molecule has 0 amide bonds. The Morgan fingerprint density at radius 2 is 2.14 bits per heavy atom. The number of hydrogen-bond acceptors (Lipinski definition) is 3. The van der Waals surface area contributed by atoms with E-state index < -0.39 is 0 Å². The molecule has 2 rings (SSSR count). The van der Waals surface area contributed by atoms with Crippen molar-refractivity contribution in [1.29, 1.82) is 0 Å². The van der Waals surface area contributed by atoms with E-state index in [-0.39, 0.29) is 19.0 Å². The Bertz CT molecular complexity index is 498. The molecule has 21 heavy (non-hydrogen) atoms. The molecular formula is C17H21FO3. The van der Waals surface area contributed by atoms with Crippen LogP contribution in [0.25, 0.3) is 0 Å². The van der Waals surface area contributed by atoms with E-state index in [9.17, 15) is 4.39 Å². The van der Waals surface area contributed by atoms with Gasteiger partial charge in [-0.2, -0.15) is 0 Å². The SMILES string of the molecule is OCCC#Cc1ccc(COCC2CCOCC2)c(F)c1. The van der Waals surface area contributed by atoms with Crippen molar-refractivity contribution in [2.75, 3.05) is 26.4 Å². The lowest BCUT2D eigenvalue weighted by Crippen LogP contribution is -2.20. The first-order valence-corrected chi connectivity index (χ1v) is 7.33. The first kappa shape index (κ1) is 16.0. The molecule has 0 atom stereocenters. The van der Waals surface area contributed by atoms with Crippen LogP contribution >= 0.6 is 0 Å². The number of hydrogen-bond donors (Lipinski definition) is 1. The van der Waals surface area contributed by atoms with Crippen molar-refractivity contribution in [3.8, 4) is 11.8 Å². The van der Waals surface area contributed by atoms with Crippen molar-refractivity contribution >= 4 is 0 Å². The minimum atomic E-state index is -0.294. The van der Waals surface area contributed by atoms with E-state index >= 15 is 0 Å². The van der Waals surface area contributed by atoms with Gasteiger partial charge in [0.05, 0.1) is 19.8 Å².